The van der Waals surface area contributed by atoms with E-state index in [0.717, 1.165) is 25.8 Å². The predicted molar refractivity (Wildman–Crippen MR) is 72.0 cm³/mol. The number of aliphatic hydroxyl groups is 1. The molecule has 1 aromatic rings. The molecular weight excluding hydrogens is 252 g/mol. The van der Waals surface area contributed by atoms with Crippen LogP contribution >= 0.6 is 11.3 Å². The Labute approximate surface area is 111 Å². The standard InChI is InChI=1S/C11H20N4O2S/c1-3-12-11-14-13-9(18-11)10(17)15(2)7-5-4-6-8-16/h16H,3-8H2,1-2H3,(H,12,14). The number of hydrogen-bond acceptors (Lipinski definition) is 6. The Kier molecular flexibility index (Phi) is 6.59. The van der Waals surface area contributed by atoms with Crippen LogP contribution < -0.4 is 5.32 Å². The van der Waals surface area contributed by atoms with E-state index >= 15 is 0 Å². The van der Waals surface area contributed by atoms with Crippen LogP contribution in [0.25, 0.3) is 0 Å². The summed E-state index contributed by atoms with van der Waals surface area (Å²) >= 11 is 1.27. The Morgan fingerprint density at radius 3 is 2.83 bits per heavy atom. The van der Waals surface area contributed by atoms with Crippen molar-refractivity contribution in [1.82, 2.24) is 15.1 Å². The second-order valence-corrected chi connectivity index (χ2v) is 4.93. The highest BCUT2D eigenvalue weighted by Gasteiger charge is 2.16. The quantitative estimate of drug-likeness (QED) is 0.695. The maximum Gasteiger partial charge on any atom is 0.284 e. The second kappa shape index (κ2) is 7.99. The number of aromatic nitrogens is 2. The lowest BCUT2D eigenvalue weighted by atomic mass is 10.2. The molecule has 1 aromatic heterocycles. The number of aliphatic hydroxyl groups excluding tert-OH is 1. The molecule has 0 aromatic carbocycles. The van der Waals surface area contributed by atoms with Gasteiger partial charge in [-0.2, -0.15) is 0 Å². The first-order valence-electron chi connectivity index (χ1n) is 6.12. The number of anilines is 1. The van der Waals surface area contributed by atoms with Crippen molar-refractivity contribution in [2.75, 3.05) is 32.1 Å². The van der Waals surface area contributed by atoms with Gasteiger partial charge in [0.15, 0.2) is 0 Å². The molecule has 0 saturated heterocycles. The summed E-state index contributed by atoms with van der Waals surface area (Å²) in [6, 6.07) is 0. The van der Waals surface area contributed by atoms with Gasteiger partial charge in [0.2, 0.25) is 10.1 Å². The third-order valence-corrected chi connectivity index (χ3v) is 3.30. The van der Waals surface area contributed by atoms with Crippen LogP contribution in [0.3, 0.4) is 0 Å². The van der Waals surface area contributed by atoms with Crippen LogP contribution in [0.2, 0.25) is 0 Å². The first-order valence-corrected chi connectivity index (χ1v) is 6.94. The molecule has 7 heteroatoms. The smallest absolute Gasteiger partial charge is 0.284 e. The topological polar surface area (TPSA) is 78.4 Å². The summed E-state index contributed by atoms with van der Waals surface area (Å²) in [5.74, 6) is -0.0966. The predicted octanol–water partition coefficient (Wildman–Crippen LogP) is 1.20. The molecule has 0 radical (unpaired) electrons. The number of amides is 1. The molecule has 0 aliphatic carbocycles. The van der Waals surface area contributed by atoms with Crippen LogP contribution in [0.5, 0.6) is 0 Å². The maximum absolute atomic E-state index is 12.0. The van der Waals surface area contributed by atoms with E-state index in [-0.39, 0.29) is 12.5 Å². The van der Waals surface area contributed by atoms with Crippen LogP contribution in [0.4, 0.5) is 5.13 Å². The van der Waals surface area contributed by atoms with Crippen molar-refractivity contribution in [1.29, 1.82) is 0 Å². The Balaban J connectivity index is 2.41. The highest BCUT2D eigenvalue weighted by atomic mass is 32.1. The number of carbonyl (C=O) groups is 1. The maximum atomic E-state index is 12.0. The summed E-state index contributed by atoms with van der Waals surface area (Å²) in [6.07, 6.45) is 2.60. The summed E-state index contributed by atoms with van der Waals surface area (Å²) in [5, 5.41) is 20.6. The molecule has 1 heterocycles. The van der Waals surface area contributed by atoms with Crippen LogP contribution in [-0.2, 0) is 0 Å². The van der Waals surface area contributed by atoms with Crippen molar-refractivity contribution in [3.8, 4) is 0 Å². The van der Waals surface area contributed by atoms with Crippen LogP contribution in [0.1, 0.15) is 36.0 Å². The molecule has 18 heavy (non-hydrogen) atoms. The molecule has 1 rings (SSSR count). The lowest BCUT2D eigenvalue weighted by Gasteiger charge is -2.14. The van der Waals surface area contributed by atoms with Gasteiger partial charge in [-0.05, 0) is 26.2 Å². The van der Waals surface area contributed by atoms with Gasteiger partial charge in [-0.3, -0.25) is 4.79 Å². The molecule has 0 atom stereocenters. The molecule has 2 N–H and O–H groups in total. The Morgan fingerprint density at radius 1 is 1.39 bits per heavy atom. The van der Waals surface area contributed by atoms with Crippen molar-refractivity contribution in [2.24, 2.45) is 0 Å². The molecule has 6 nitrogen and oxygen atoms in total. The third-order valence-electron chi connectivity index (χ3n) is 2.43. The van der Waals surface area contributed by atoms with E-state index in [9.17, 15) is 4.79 Å². The van der Waals surface area contributed by atoms with Gasteiger partial charge < -0.3 is 15.3 Å². The number of nitrogens with one attached hydrogen (secondary N) is 1. The molecule has 0 spiro atoms. The van der Waals surface area contributed by atoms with E-state index in [4.69, 9.17) is 5.11 Å². The third kappa shape index (κ3) is 4.58. The molecule has 0 fully saturated rings. The van der Waals surface area contributed by atoms with E-state index in [2.05, 4.69) is 15.5 Å². The number of hydrogen-bond donors (Lipinski definition) is 2. The normalized spacial score (nSPS) is 10.4. The van der Waals surface area contributed by atoms with E-state index in [1.807, 2.05) is 6.92 Å². The SMILES string of the molecule is CCNc1nnc(C(=O)N(C)CCCCCO)s1. The molecule has 0 aliphatic rings. The van der Waals surface area contributed by atoms with Gasteiger partial charge in [0.25, 0.3) is 5.91 Å². The lowest BCUT2D eigenvalue weighted by molar-refractivity contribution is 0.0791. The van der Waals surface area contributed by atoms with E-state index < -0.39 is 0 Å². The van der Waals surface area contributed by atoms with Gasteiger partial charge >= 0.3 is 0 Å². The zero-order valence-corrected chi connectivity index (χ0v) is 11.7. The summed E-state index contributed by atoms with van der Waals surface area (Å²) < 4.78 is 0. The van der Waals surface area contributed by atoms with Gasteiger partial charge in [-0.1, -0.05) is 11.3 Å². The van der Waals surface area contributed by atoms with E-state index in [0.29, 0.717) is 16.7 Å². The van der Waals surface area contributed by atoms with E-state index in [1.165, 1.54) is 11.3 Å². The van der Waals surface area contributed by atoms with Crippen molar-refractivity contribution < 1.29 is 9.90 Å². The highest BCUT2D eigenvalue weighted by molar-refractivity contribution is 7.17. The number of rotatable bonds is 8. The number of carbonyl (C=O) groups excluding carboxylic acids is 1. The fourth-order valence-electron chi connectivity index (χ4n) is 1.43. The molecule has 0 unspecified atom stereocenters. The fraction of sp³-hybridized carbons (Fsp3) is 0.727. The Hall–Kier alpha value is -1.21. The average Bonchev–Trinajstić information content (AvgIpc) is 2.82. The first kappa shape index (κ1) is 14.8. The van der Waals surface area contributed by atoms with Crippen molar-refractivity contribution >= 4 is 22.4 Å². The van der Waals surface area contributed by atoms with Gasteiger partial charge in [-0.25, -0.2) is 0 Å². The van der Waals surface area contributed by atoms with Gasteiger partial charge in [0.05, 0.1) is 0 Å². The molecule has 102 valence electrons. The summed E-state index contributed by atoms with van der Waals surface area (Å²) in [7, 11) is 1.76. The largest absolute Gasteiger partial charge is 0.396 e. The Bertz CT molecular complexity index is 370. The molecular formula is C11H20N4O2S. The van der Waals surface area contributed by atoms with Crippen molar-refractivity contribution in [3.63, 3.8) is 0 Å². The first-order chi connectivity index (χ1) is 8.69. The lowest BCUT2D eigenvalue weighted by Crippen LogP contribution is -2.27. The number of unbranched alkanes of at least 4 members (excludes halogenated alkanes) is 2. The average molecular weight is 272 g/mol. The molecule has 0 bridgehead atoms. The fourth-order valence-corrected chi connectivity index (χ4v) is 2.24. The van der Waals surface area contributed by atoms with Gasteiger partial charge in [0.1, 0.15) is 0 Å². The minimum Gasteiger partial charge on any atom is -0.396 e. The minimum absolute atomic E-state index is 0.0966. The van der Waals surface area contributed by atoms with Crippen molar-refractivity contribution in [3.05, 3.63) is 5.01 Å². The van der Waals surface area contributed by atoms with Crippen LogP contribution in [0, 0.1) is 0 Å². The summed E-state index contributed by atoms with van der Waals surface area (Å²) in [6.45, 7) is 3.62. The van der Waals surface area contributed by atoms with Gasteiger partial charge in [-0.15, -0.1) is 10.2 Å². The Morgan fingerprint density at radius 2 is 2.17 bits per heavy atom. The van der Waals surface area contributed by atoms with Crippen LogP contribution in [-0.4, -0.2) is 52.9 Å². The highest BCUT2D eigenvalue weighted by Crippen LogP contribution is 2.16. The minimum atomic E-state index is -0.0966. The molecule has 0 aliphatic heterocycles. The monoisotopic (exact) mass is 272 g/mol. The summed E-state index contributed by atoms with van der Waals surface area (Å²) in [5.41, 5.74) is 0. The zero-order valence-electron chi connectivity index (χ0n) is 10.8. The molecule has 0 saturated carbocycles. The molecule has 1 amide bonds. The van der Waals surface area contributed by atoms with Gasteiger partial charge in [0, 0.05) is 26.7 Å². The second-order valence-electron chi connectivity index (χ2n) is 3.95. The van der Waals surface area contributed by atoms with Crippen LogP contribution in [0.15, 0.2) is 0 Å². The zero-order chi connectivity index (χ0) is 13.4. The summed E-state index contributed by atoms with van der Waals surface area (Å²) in [4.78, 5) is 13.6. The van der Waals surface area contributed by atoms with E-state index in [1.54, 1.807) is 11.9 Å². The number of nitrogens with zero attached hydrogens (tertiary/aromatic N) is 3. The van der Waals surface area contributed by atoms with Crippen molar-refractivity contribution in [2.45, 2.75) is 26.2 Å².